The summed E-state index contributed by atoms with van der Waals surface area (Å²) < 4.78 is 0. The summed E-state index contributed by atoms with van der Waals surface area (Å²) in [6.45, 7) is 15.9. The summed E-state index contributed by atoms with van der Waals surface area (Å²) in [6, 6.07) is 13.0. The van der Waals surface area contributed by atoms with Crippen molar-refractivity contribution >= 4 is 0 Å². The van der Waals surface area contributed by atoms with Crippen molar-refractivity contribution in [1.29, 1.82) is 0 Å². The number of hydrogen-bond acceptors (Lipinski definition) is 0. The van der Waals surface area contributed by atoms with Crippen molar-refractivity contribution in [1.82, 2.24) is 0 Å². The van der Waals surface area contributed by atoms with E-state index in [-0.39, 0.29) is 10.8 Å². The lowest BCUT2D eigenvalue weighted by Crippen LogP contribution is -2.11. The van der Waals surface area contributed by atoms with Gasteiger partial charge in [0.1, 0.15) is 0 Å². The second kappa shape index (κ2) is 4.72. The van der Waals surface area contributed by atoms with Crippen LogP contribution in [-0.4, -0.2) is 0 Å². The fourth-order valence-corrected chi connectivity index (χ4v) is 3.36. The van der Waals surface area contributed by atoms with E-state index < -0.39 is 0 Å². The standard InChI is InChI=1S/C22H27/c1-14-10-18(22(5,6)7)13-16-11-15-12-17(21(2,3)4)8-9-19(15)20(14)16/h8-10,13H,11H2,1-7H3. The first-order valence-corrected chi connectivity index (χ1v) is 8.27. The Labute approximate surface area is 135 Å². The van der Waals surface area contributed by atoms with Gasteiger partial charge in [-0.2, -0.15) is 0 Å². The van der Waals surface area contributed by atoms with Crippen LogP contribution in [-0.2, 0) is 17.3 Å². The third-order valence-electron chi connectivity index (χ3n) is 4.76. The maximum atomic E-state index is 3.70. The van der Waals surface area contributed by atoms with Crippen LogP contribution in [0.15, 0.2) is 24.3 Å². The molecule has 3 rings (SSSR count). The highest BCUT2D eigenvalue weighted by molar-refractivity contribution is 5.80. The molecule has 2 aromatic carbocycles. The van der Waals surface area contributed by atoms with Crippen LogP contribution in [0.3, 0.4) is 0 Å². The van der Waals surface area contributed by atoms with Gasteiger partial charge in [-0.1, -0.05) is 65.8 Å². The first-order chi connectivity index (χ1) is 10.1. The molecule has 1 radical (unpaired) electrons. The van der Waals surface area contributed by atoms with Crippen molar-refractivity contribution in [3.8, 4) is 11.1 Å². The van der Waals surface area contributed by atoms with Crippen molar-refractivity contribution < 1.29 is 0 Å². The molecule has 0 aliphatic heterocycles. The quantitative estimate of drug-likeness (QED) is 0.479. The molecule has 0 fully saturated rings. The van der Waals surface area contributed by atoms with Gasteiger partial charge in [0, 0.05) is 0 Å². The van der Waals surface area contributed by atoms with E-state index in [4.69, 9.17) is 0 Å². The lowest BCUT2D eigenvalue weighted by Gasteiger charge is -2.21. The predicted molar refractivity (Wildman–Crippen MR) is 95.7 cm³/mol. The van der Waals surface area contributed by atoms with Gasteiger partial charge in [-0.3, -0.25) is 0 Å². The first kappa shape index (κ1) is 15.3. The van der Waals surface area contributed by atoms with E-state index in [0.29, 0.717) is 0 Å². The average molecular weight is 291 g/mol. The van der Waals surface area contributed by atoms with Gasteiger partial charge in [-0.05, 0) is 69.2 Å². The van der Waals surface area contributed by atoms with Gasteiger partial charge in [-0.15, -0.1) is 0 Å². The summed E-state index contributed by atoms with van der Waals surface area (Å²) >= 11 is 0. The average Bonchev–Trinajstić information content (AvgIpc) is 2.74. The highest BCUT2D eigenvalue weighted by atomic mass is 14.3. The monoisotopic (exact) mass is 291 g/mol. The lowest BCUT2D eigenvalue weighted by molar-refractivity contribution is 0.588. The van der Waals surface area contributed by atoms with Crippen molar-refractivity contribution in [3.63, 3.8) is 0 Å². The Morgan fingerprint density at radius 3 is 2.18 bits per heavy atom. The van der Waals surface area contributed by atoms with E-state index in [1.54, 1.807) is 0 Å². The summed E-state index contributed by atoms with van der Waals surface area (Å²) in [6.07, 6.45) is 1.03. The molecule has 0 heterocycles. The highest BCUT2D eigenvalue weighted by Gasteiger charge is 2.25. The van der Waals surface area contributed by atoms with Crippen molar-refractivity contribution in [2.45, 2.75) is 65.7 Å². The predicted octanol–water partition coefficient (Wildman–Crippen LogP) is 5.96. The maximum Gasteiger partial charge on any atom is -0.000697 e. The number of aryl methyl sites for hydroxylation is 1. The second-order valence-electron chi connectivity index (χ2n) is 8.77. The van der Waals surface area contributed by atoms with Gasteiger partial charge >= 0.3 is 0 Å². The van der Waals surface area contributed by atoms with Crippen LogP contribution >= 0.6 is 0 Å². The van der Waals surface area contributed by atoms with Crippen molar-refractivity contribution in [3.05, 3.63) is 58.1 Å². The molecular weight excluding hydrogens is 264 g/mol. The van der Waals surface area contributed by atoms with Crippen LogP contribution in [0.5, 0.6) is 0 Å². The molecule has 0 unspecified atom stereocenters. The van der Waals surface area contributed by atoms with Crippen LogP contribution in [0.2, 0.25) is 0 Å². The minimum absolute atomic E-state index is 0.162. The third kappa shape index (κ3) is 2.49. The molecule has 2 aromatic rings. The number of hydrogen-bond donors (Lipinski definition) is 0. The zero-order chi connectivity index (χ0) is 16.3. The van der Waals surface area contributed by atoms with E-state index >= 15 is 0 Å². The smallest absolute Gasteiger partial charge is 0.000697 e. The molecule has 0 saturated carbocycles. The minimum atomic E-state index is 0.162. The van der Waals surface area contributed by atoms with Crippen LogP contribution in [0.4, 0.5) is 0 Å². The Morgan fingerprint density at radius 2 is 1.59 bits per heavy atom. The van der Waals surface area contributed by atoms with Crippen LogP contribution < -0.4 is 0 Å². The summed E-state index contributed by atoms with van der Waals surface area (Å²) in [5.41, 5.74) is 10.2. The molecule has 0 spiro atoms. The largest absolute Gasteiger partial charge is 0.0573 e. The Balaban J connectivity index is 2.13. The number of fused-ring (bicyclic) bond motifs is 3. The Hall–Kier alpha value is -1.56. The fraction of sp³-hybridized carbons (Fsp3) is 0.455. The fourth-order valence-electron chi connectivity index (χ4n) is 3.36. The minimum Gasteiger partial charge on any atom is -0.0573 e. The van der Waals surface area contributed by atoms with E-state index in [1.165, 1.54) is 38.9 Å². The van der Waals surface area contributed by atoms with E-state index in [9.17, 15) is 0 Å². The zero-order valence-electron chi connectivity index (χ0n) is 15.0. The SMILES string of the molecule is Cc1cc(C(C)(C)C)cc2c1-c1ccc(C(C)(C)C)[c]c1C2. The van der Waals surface area contributed by atoms with Gasteiger partial charge in [0.2, 0.25) is 0 Å². The molecule has 1 aliphatic rings. The molecule has 22 heavy (non-hydrogen) atoms. The second-order valence-corrected chi connectivity index (χ2v) is 8.77. The molecule has 115 valence electrons. The van der Waals surface area contributed by atoms with E-state index in [0.717, 1.165) is 6.42 Å². The molecule has 0 nitrogen and oxygen atoms in total. The Kier molecular flexibility index (Phi) is 3.29. The Morgan fingerprint density at radius 1 is 0.909 bits per heavy atom. The molecular formula is C22H27. The Bertz CT molecular complexity index is 734. The van der Waals surface area contributed by atoms with Crippen molar-refractivity contribution in [2.24, 2.45) is 0 Å². The maximum absolute atomic E-state index is 3.70. The number of rotatable bonds is 0. The topological polar surface area (TPSA) is 0 Å². The molecule has 0 atom stereocenters. The molecule has 0 N–H and O–H groups in total. The summed E-state index contributed by atoms with van der Waals surface area (Å²) in [5, 5.41) is 0. The zero-order valence-corrected chi connectivity index (χ0v) is 15.0. The number of benzene rings is 2. The normalized spacial score (nSPS) is 14.0. The van der Waals surface area contributed by atoms with E-state index in [1.807, 2.05) is 0 Å². The molecule has 0 aromatic heterocycles. The van der Waals surface area contributed by atoms with Gasteiger partial charge in [0.05, 0.1) is 0 Å². The molecule has 1 aliphatic carbocycles. The summed E-state index contributed by atoms with van der Waals surface area (Å²) in [5.74, 6) is 0. The summed E-state index contributed by atoms with van der Waals surface area (Å²) in [7, 11) is 0. The van der Waals surface area contributed by atoms with Gasteiger partial charge in [-0.25, -0.2) is 0 Å². The van der Waals surface area contributed by atoms with Gasteiger partial charge in [0.15, 0.2) is 0 Å². The highest BCUT2D eigenvalue weighted by Crippen LogP contribution is 2.42. The van der Waals surface area contributed by atoms with Crippen LogP contribution in [0.25, 0.3) is 11.1 Å². The lowest BCUT2D eigenvalue weighted by atomic mass is 9.83. The van der Waals surface area contributed by atoms with E-state index in [2.05, 4.69) is 78.8 Å². The molecule has 0 heteroatoms. The third-order valence-corrected chi connectivity index (χ3v) is 4.76. The van der Waals surface area contributed by atoms with Gasteiger partial charge in [0.25, 0.3) is 0 Å². The molecule has 0 bridgehead atoms. The van der Waals surface area contributed by atoms with Crippen molar-refractivity contribution in [2.75, 3.05) is 0 Å². The molecule has 0 amide bonds. The van der Waals surface area contributed by atoms with Gasteiger partial charge < -0.3 is 0 Å². The van der Waals surface area contributed by atoms with Crippen LogP contribution in [0, 0.1) is 13.0 Å². The summed E-state index contributed by atoms with van der Waals surface area (Å²) in [4.78, 5) is 0. The van der Waals surface area contributed by atoms with Crippen LogP contribution in [0.1, 0.15) is 69.4 Å². The molecule has 0 saturated heterocycles. The first-order valence-electron chi connectivity index (χ1n) is 8.27.